The summed E-state index contributed by atoms with van der Waals surface area (Å²) in [5.41, 5.74) is 0.499. The highest BCUT2D eigenvalue weighted by molar-refractivity contribution is 14.0. The molecule has 2 aromatic rings. The van der Waals surface area contributed by atoms with Gasteiger partial charge in [-0.25, -0.2) is 12.8 Å². The molecule has 2 N–H and O–H groups in total. The fraction of sp³-hybridized carbons (Fsp3) is 0.381. The third-order valence-corrected chi connectivity index (χ3v) is 6.08. The fourth-order valence-corrected chi connectivity index (χ4v) is 3.85. The van der Waals surface area contributed by atoms with Gasteiger partial charge < -0.3 is 10.6 Å². The SMILES string of the molecule is CCNC(=NCC(C)(C)c1cccc(F)c1)NCCS(=O)(=O)c1ccccc1.I. The molecular formula is C21H29FIN3O2S. The predicted octanol–water partition coefficient (Wildman–Crippen LogP) is 3.75. The molecule has 0 saturated carbocycles. The van der Waals surface area contributed by atoms with Gasteiger partial charge in [0.2, 0.25) is 0 Å². The Hall–Kier alpha value is -1.68. The van der Waals surface area contributed by atoms with Gasteiger partial charge in [-0.1, -0.05) is 44.2 Å². The topological polar surface area (TPSA) is 70.6 Å². The third kappa shape index (κ3) is 7.93. The minimum absolute atomic E-state index is 0. The number of rotatable bonds is 8. The Kier molecular flexibility index (Phi) is 10.0. The van der Waals surface area contributed by atoms with E-state index >= 15 is 0 Å². The van der Waals surface area contributed by atoms with Crippen LogP contribution in [0.5, 0.6) is 0 Å². The number of benzene rings is 2. The van der Waals surface area contributed by atoms with Crippen LogP contribution in [0.2, 0.25) is 0 Å². The van der Waals surface area contributed by atoms with E-state index in [0.29, 0.717) is 23.9 Å². The van der Waals surface area contributed by atoms with Crippen LogP contribution in [0.4, 0.5) is 4.39 Å². The van der Waals surface area contributed by atoms with Crippen molar-refractivity contribution in [1.29, 1.82) is 0 Å². The monoisotopic (exact) mass is 533 g/mol. The summed E-state index contributed by atoms with van der Waals surface area (Å²) >= 11 is 0. The van der Waals surface area contributed by atoms with E-state index in [2.05, 4.69) is 15.6 Å². The molecule has 0 saturated heterocycles. The molecule has 0 spiro atoms. The quantitative estimate of drug-likeness (QED) is 0.308. The van der Waals surface area contributed by atoms with E-state index in [1.165, 1.54) is 12.1 Å². The molecule has 160 valence electrons. The number of sulfone groups is 1. The highest BCUT2D eigenvalue weighted by Gasteiger charge is 2.21. The summed E-state index contributed by atoms with van der Waals surface area (Å²) < 4.78 is 38.3. The Morgan fingerprint density at radius 3 is 2.38 bits per heavy atom. The van der Waals surface area contributed by atoms with E-state index in [9.17, 15) is 12.8 Å². The molecular weight excluding hydrogens is 504 g/mol. The standard InChI is InChI=1S/C21H28FN3O2S.HI/c1-4-23-20(24-13-14-28(26,27)19-11-6-5-7-12-19)25-16-21(2,3)17-9-8-10-18(22)15-17;/h5-12,15H,4,13-14,16H2,1-3H3,(H2,23,24,25);1H. The van der Waals surface area contributed by atoms with E-state index in [4.69, 9.17) is 0 Å². The summed E-state index contributed by atoms with van der Waals surface area (Å²) in [7, 11) is -3.35. The first-order valence-corrected chi connectivity index (χ1v) is 11.0. The highest BCUT2D eigenvalue weighted by Crippen LogP contribution is 2.24. The van der Waals surface area contributed by atoms with Gasteiger partial charge in [-0.15, -0.1) is 24.0 Å². The van der Waals surface area contributed by atoms with Gasteiger partial charge in [0.1, 0.15) is 5.82 Å². The van der Waals surface area contributed by atoms with Gasteiger partial charge in [-0.3, -0.25) is 4.99 Å². The summed E-state index contributed by atoms with van der Waals surface area (Å²) in [4.78, 5) is 4.87. The summed E-state index contributed by atoms with van der Waals surface area (Å²) in [6, 6.07) is 14.9. The molecule has 29 heavy (non-hydrogen) atoms. The number of nitrogens with zero attached hydrogens (tertiary/aromatic N) is 1. The van der Waals surface area contributed by atoms with Crippen molar-refractivity contribution in [3.8, 4) is 0 Å². The van der Waals surface area contributed by atoms with Crippen LogP contribution in [0.1, 0.15) is 26.3 Å². The van der Waals surface area contributed by atoms with Gasteiger partial charge in [0.15, 0.2) is 15.8 Å². The molecule has 0 aromatic heterocycles. The molecule has 0 unspecified atom stereocenters. The van der Waals surface area contributed by atoms with Gasteiger partial charge in [-0.2, -0.15) is 0 Å². The zero-order valence-corrected chi connectivity index (χ0v) is 20.1. The van der Waals surface area contributed by atoms with Crippen LogP contribution in [0.3, 0.4) is 0 Å². The van der Waals surface area contributed by atoms with Gasteiger partial charge >= 0.3 is 0 Å². The highest BCUT2D eigenvalue weighted by atomic mass is 127. The van der Waals surface area contributed by atoms with Crippen molar-refractivity contribution in [3.63, 3.8) is 0 Å². The van der Waals surface area contributed by atoms with Crippen molar-refractivity contribution in [2.45, 2.75) is 31.1 Å². The van der Waals surface area contributed by atoms with Crippen molar-refractivity contribution in [2.24, 2.45) is 4.99 Å². The Morgan fingerprint density at radius 2 is 1.76 bits per heavy atom. The van der Waals surface area contributed by atoms with Crippen molar-refractivity contribution < 1.29 is 12.8 Å². The summed E-state index contributed by atoms with van der Waals surface area (Å²) in [6.07, 6.45) is 0. The first-order chi connectivity index (χ1) is 13.2. The van der Waals surface area contributed by atoms with E-state index in [1.54, 1.807) is 36.4 Å². The van der Waals surface area contributed by atoms with Crippen LogP contribution in [0.25, 0.3) is 0 Å². The first-order valence-electron chi connectivity index (χ1n) is 9.30. The molecule has 8 heteroatoms. The summed E-state index contributed by atoms with van der Waals surface area (Å²) in [6.45, 7) is 7.25. The van der Waals surface area contributed by atoms with Crippen LogP contribution in [-0.2, 0) is 15.3 Å². The average Bonchev–Trinajstić information content (AvgIpc) is 2.67. The number of aliphatic imine (C=N–C) groups is 1. The van der Waals surface area contributed by atoms with E-state index in [-0.39, 0.29) is 47.5 Å². The molecule has 2 aromatic carbocycles. The lowest BCUT2D eigenvalue weighted by atomic mass is 9.85. The Bertz CT molecular complexity index is 903. The third-order valence-electron chi connectivity index (χ3n) is 4.35. The molecule has 0 aliphatic carbocycles. The maximum absolute atomic E-state index is 13.5. The summed E-state index contributed by atoms with van der Waals surface area (Å²) in [5.74, 6) is 0.232. The van der Waals surface area contributed by atoms with Gasteiger partial charge in [0.05, 0.1) is 17.2 Å². The Balaban J connectivity index is 0.00000420. The lowest BCUT2D eigenvalue weighted by molar-refractivity contribution is 0.529. The molecule has 0 amide bonds. The molecule has 0 aliphatic rings. The Labute approximate surface area is 190 Å². The summed E-state index contributed by atoms with van der Waals surface area (Å²) in [5, 5.41) is 6.18. The lowest BCUT2D eigenvalue weighted by Crippen LogP contribution is -2.40. The maximum Gasteiger partial charge on any atom is 0.191 e. The largest absolute Gasteiger partial charge is 0.357 e. The molecule has 0 bridgehead atoms. The molecule has 0 aliphatic heterocycles. The number of hydrogen-bond donors (Lipinski definition) is 2. The normalized spacial score (nSPS) is 12.2. The van der Waals surface area contributed by atoms with E-state index in [1.807, 2.05) is 26.8 Å². The number of hydrogen-bond acceptors (Lipinski definition) is 3. The minimum atomic E-state index is -3.35. The number of halogens is 2. The number of guanidine groups is 1. The molecule has 0 atom stereocenters. The van der Waals surface area contributed by atoms with E-state index in [0.717, 1.165) is 5.56 Å². The fourth-order valence-electron chi connectivity index (χ4n) is 2.67. The predicted molar refractivity (Wildman–Crippen MR) is 127 cm³/mol. The minimum Gasteiger partial charge on any atom is -0.357 e. The van der Waals surface area contributed by atoms with Crippen LogP contribution >= 0.6 is 24.0 Å². The smallest absolute Gasteiger partial charge is 0.191 e. The zero-order chi connectivity index (χ0) is 20.6. The number of nitrogens with one attached hydrogen (secondary N) is 2. The molecule has 0 radical (unpaired) electrons. The van der Waals surface area contributed by atoms with Gasteiger partial charge in [-0.05, 0) is 36.8 Å². The second kappa shape index (κ2) is 11.5. The zero-order valence-electron chi connectivity index (χ0n) is 17.0. The van der Waals surface area contributed by atoms with Crippen molar-refractivity contribution in [1.82, 2.24) is 10.6 Å². The average molecular weight is 533 g/mol. The van der Waals surface area contributed by atoms with Crippen molar-refractivity contribution >= 4 is 39.8 Å². The van der Waals surface area contributed by atoms with E-state index < -0.39 is 9.84 Å². The van der Waals surface area contributed by atoms with Crippen molar-refractivity contribution in [2.75, 3.05) is 25.4 Å². The molecule has 0 heterocycles. The molecule has 0 fully saturated rings. The lowest BCUT2D eigenvalue weighted by Gasteiger charge is -2.24. The molecule has 2 rings (SSSR count). The first kappa shape index (κ1) is 25.4. The van der Waals surface area contributed by atoms with Crippen molar-refractivity contribution in [3.05, 3.63) is 66.0 Å². The van der Waals surface area contributed by atoms with Crippen LogP contribution < -0.4 is 10.6 Å². The Morgan fingerprint density at radius 1 is 1.07 bits per heavy atom. The van der Waals surface area contributed by atoms with Crippen LogP contribution in [0.15, 0.2) is 64.5 Å². The van der Waals surface area contributed by atoms with Gasteiger partial charge in [0.25, 0.3) is 0 Å². The maximum atomic E-state index is 13.5. The van der Waals surface area contributed by atoms with Crippen LogP contribution in [-0.4, -0.2) is 39.8 Å². The second-order valence-electron chi connectivity index (χ2n) is 7.15. The van der Waals surface area contributed by atoms with Crippen LogP contribution in [0, 0.1) is 5.82 Å². The van der Waals surface area contributed by atoms with Gasteiger partial charge in [0, 0.05) is 18.5 Å². The second-order valence-corrected chi connectivity index (χ2v) is 9.26. The molecule has 5 nitrogen and oxygen atoms in total.